The summed E-state index contributed by atoms with van der Waals surface area (Å²) in [6.45, 7) is 23.9. The lowest BCUT2D eigenvalue weighted by molar-refractivity contribution is -0.352. The average Bonchev–Trinajstić information content (AvgIpc) is 3.37. The van der Waals surface area contributed by atoms with E-state index < -0.39 is 145 Å². The van der Waals surface area contributed by atoms with Gasteiger partial charge in [-0.1, -0.05) is 91.8 Å². The fourth-order valence-electron chi connectivity index (χ4n) is 12.3. The van der Waals surface area contributed by atoms with Gasteiger partial charge in [0.1, 0.15) is 24.4 Å². The van der Waals surface area contributed by atoms with Crippen molar-refractivity contribution < 1.29 is 87.6 Å². The molecular formula is C57H94O18. The first-order valence-electron chi connectivity index (χ1n) is 27.6. The lowest BCUT2D eigenvalue weighted by atomic mass is 9.76. The molecule has 0 radical (unpaired) electrons. The van der Waals surface area contributed by atoms with Crippen LogP contribution in [0.1, 0.15) is 129 Å². The van der Waals surface area contributed by atoms with Gasteiger partial charge in [0.05, 0.1) is 61.0 Å². The Morgan fingerprint density at radius 3 is 1.44 bits per heavy atom. The first kappa shape index (κ1) is 63.2. The lowest BCUT2D eigenvalue weighted by Crippen LogP contribution is -2.60. The van der Waals surface area contributed by atoms with Crippen LogP contribution >= 0.6 is 0 Å². The Hall–Kier alpha value is -2.66. The Labute approximate surface area is 446 Å². The molecule has 5 rings (SSSR count). The summed E-state index contributed by atoms with van der Waals surface area (Å²) in [6, 6.07) is 0. The standard InChI is InChI=1S/C57H94O18/c1-16-40-36(10)74-56(66-14,27-44(40)70-47-25-42(58)51(63)38(12)68-47)34(8)49(61)32(6)53-30(4)22-20-23-31(5)55(65)73-54(29(3)21-18-19-24-46(60)72-53)33(7)50(62)35(9)57(67-15)28-45(41(17-2)37(11)75-57)71-48-26-43(59)52(64)39(13)69-48/h18-24,29-30,32-45,47-54,58-59,61-64H,16-17,25-28H2,1-15H3/b21-18+,22-20+,24-19+,31-23+/t29-,30-,32-,33-,34-,35-,36+,37+,38-,39-,40+,41+,42-,43-,44+,45+,47-,48-,49+,50+,51+,52+,53-,54-,56+,57+/m0/s1. The molecule has 0 saturated carbocycles. The Morgan fingerprint density at radius 1 is 0.627 bits per heavy atom. The van der Waals surface area contributed by atoms with E-state index in [0.29, 0.717) is 12.8 Å². The van der Waals surface area contributed by atoms with Crippen LogP contribution in [0.3, 0.4) is 0 Å². The predicted molar refractivity (Wildman–Crippen MR) is 277 cm³/mol. The highest BCUT2D eigenvalue weighted by Gasteiger charge is 2.55. The van der Waals surface area contributed by atoms with E-state index >= 15 is 0 Å². The van der Waals surface area contributed by atoms with Gasteiger partial charge in [0, 0.05) is 98.9 Å². The van der Waals surface area contributed by atoms with E-state index in [4.69, 9.17) is 47.4 Å². The minimum Gasteiger partial charge on any atom is -0.458 e. The molecule has 6 N–H and O–H groups in total. The van der Waals surface area contributed by atoms with E-state index in [9.17, 15) is 40.2 Å². The summed E-state index contributed by atoms with van der Waals surface area (Å²) < 4.78 is 63.1. The summed E-state index contributed by atoms with van der Waals surface area (Å²) in [4.78, 5) is 27.7. The molecule has 75 heavy (non-hydrogen) atoms. The van der Waals surface area contributed by atoms with Crippen LogP contribution in [-0.2, 0) is 57.0 Å². The second kappa shape index (κ2) is 27.5. The number of hydrogen-bond donors (Lipinski definition) is 6. The highest BCUT2D eigenvalue weighted by Crippen LogP contribution is 2.47. The van der Waals surface area contributed by atoms with Gasteiger partial charge in [-0.25, -0.2) is 9.59 Å². The van der Waals surface area contributed by atoms with Crippen molar-refractivity contribution in [3.05, 3.63) is 48.1 Å². The number of allylic oxidation sites excluding steroid dienone is 4. The third-order valence-corrected chi connectivity index (χ3v) is 17.4. The molecule has 430 valence electrons. The Morgan fingerprint density at radius 2 is 1.04 bits per heavy atom. The van der Waals surface area contributed by atoms with E-state index in [1.807, 2.05) is 62.3 Å². The first-order valence-corrected chi connectivity index (χ1v) is 27.6. The van der Waals surface area contributed by atoms with Gasteiger partial charge in [-0.3, -0.25) is 0 Å². The second-order valence-electron chi connectivity index (χ2n) is 22.5. The predicted octanol–water partition coefficient (Wildman–Crippen LogP) is 5.82. The fourth-order valence-corrected chi connectivity index (χ4v) is 12.3. The zero-order valence-corrected chi connectivity index (χ0v) is 47.2. The van der Waals surface area contributed by atoms with Crippen molar-refractivity contribution in [1.82, 2.24) is 0 Å². The van der Waals surface area contributed by atoms with Gasteiger partial charge < -0.3 is 78.0 Å². The van der Waals surface area contributed by atoms with Crippen molar-refractivity contribution in [2.75, 3.05) is 14.2 Å². The minimum absolute atomic E-state index is 0.0698. The van der Waals surface area contributed by atoms with Gasteiger partial charge in [0.2, 0.25) is 0 Å². The van der Waals surface area contributed by atoms with Crippen molar-refractivity contribution in [3.63, 3.8) is 0 Å². The van der Waals surface area contributed by atoms with Gasteiger partial charge in [-0.2, -0.15) is 0 Å². The molecule has 0 unspecified atom stereocenters. The molecule has 0 aromatic carbocycles. The van der Waals surface area contributed by atoms with Crippen LogP contribution in [0.4, 0.5) is 0 Å². The summed E-state index contributed by atoms with van der Waals surface area (Å²) in [7, 11) is 3.05. The zero-order valence-electron chi connectivity index (χ0n) is 47.2. The van der Waals surface area contributed by atoms with Gasteiger partial charge >= 0.3 is 11.9 Å². The van der Waals surface area contributed by atoms with E-state index in [2.05, 4.69) is 0 Å². The topological polar surface area (TPSA) is 248 Å². The fraction of sp³-hybridized carbons (Fsp3) is 0.825. The zero-order chi connectivity index (χ0) is 55.9. The quantitative estimate of drug-likeness (QED) is 0.0998. The van der Waals surface area contributed by atoms with Crippen molar-refractivity contribution in [2.24, 2.45) is 47.3 Å². The Kier molecular flexibility index (Phi) is 23.1. The number of aliphatic hydroxyl groups is 6. The molecule has 26 atom stereocenters. The number of aliphatic hydroxyl groups excluding tert-OH is 6. The van der Waals surface area contributed by atoms with Gasteiger partial charge in [0.25, 0.3) is 0 Å². The molecule has 0 aromatic heterocycles. The molecule has 18 heteroatoms. The van der Waals surface area contributed by atoms with Gasteiger partial charge in [-0.05, 0) is 47.5 Å². The Bertz CT molecular complexity index is 1920. The van der Waals surface area contributed by atoms with Crippen molar-refractivity contribution in [1.29, 1.82) is 0 Å². The van der Waals surface area contributed by atoms with Crippen LogP contribution in [0, 0.1) is 47.3 Å². The van der Waals surface area contributed by atoms with Crippen LogP contribution in [0.2, 0.25) is 0 Å². The van der Waals surface area contributed by atoms with Crippen LogP contribution in [0.15, 0.2) is 48.1 Å². The van der Waals surface area contributed by atoms with Crippen LogP contribution in [-0.4, -0.2) is 166 Å². The van der Waals surface area contributed by atoms with Crippen LogP contribution in [0.5, 0.6) is 0 Å². The number of carbonyl (C=O) groups excluding carboxylic acids is 2. The molecule has 0 aliphatic carbocycles. The smallest absolute Gasteiger partial charge is 0.334 e. The van der Waals surface area contributed by atoms with E-state index in [1.165, 1.54) is 26.4 Å². The molecule has 0 aromatic rings. The lowest BCUT2D eigenvalue weighted by Gasteiger charge is -2.52. The number of methoxy groups -OCH3 is 2. The van der Waals surface area contributed by atoms with E-state index in [0.717, 1.165) is 0 Å². The van der Waals surface area contributed by atoms with Crippen LogP contribution in [0.25, 0.3) is 0 Å². The molecule has 4 saturated heterocycles. The normalized spacial score (nSPS) is 45.1. The number of esters is 2. The molecule has 5 aliphatic heterocycles. The molecule has 0 spiro atoms. The second-order valence-corrected chi connectivity index (χ2v) is 22.5. The molecule has 5 aliphatic rings. The van der Waals surface area contributed by atoms with Crippen LogP contribution < -0.4 is 0 Å². The minimum atomic E-state index is -1.33. The number of hydrogen-bond acceptors (Lipinski definition) is 18. The molecule has 0 amide bonds. The maximum atomic E-state index is 14.0. The summed E-state index contributed by atoms with van der Waals surface area (Å²) in [5, 5.41) is 66.2. The summed E-state index contributed by atoms with van der Waals surface area (Å²) >= 11 is 0. The maximum Gasteiger partial charge on any atom is 0.334 e. The highest BCUT2D eigenvalue weighted by atomic mass is 16.7. The summed E-state index contributed by atoms with van der Waals surface area (Å²) in [6.07, 6.45) is 0.922. The Balaban J connectivity index is 1.33. The molecule has 0 bridgehead atoms. The third-order valence-electron chi connectivity index (χ3n) is 17.4. The van der Waals surface area contributed by atoms with Crippen molar-refractivity contribution in [2.45, 2.75) is 238 Å². The van der Waals surface area contributed by atoms with Crippen molar-refractivity contribution in [3.8, 4) is 0 Å². The molecule has 5 heterocycles. The molecule has 4 fully saturated rings. The number of rotatable bonds is 16. The number of ether oxygens (including phenoxy) is 10. The summed E-state index contributed by atoms with van der Waals surface area (Å²) in [5.74, 6) is -7.69. The van der Waals surface area contributed by atoms with E-state index in [-0.39, 0.29) is 55.3 Å². The van der Waals surface area contributed by atoms with Crippen molar-refractivity contribution >= 4 is 11.9 Å². The summed E-state index contributed by atoms with van der Waals surface area (Å²) in [5.41, 5.74) is 0.281. The third kappa shape index (κ3) is 14.8. The highest BCUT2D eigenvalue weighted by molar-refractivity contribution is 5.88. The maximum absolute atomic E-state index is 14.0. The van der Waals surface area contributed by atoms with E-state index in [1.54, 1.807) is 58.1 Å². The largest absolute Gasteiger partial charge is 0.458 e. The number of cyclic esters (lactones) is 2. The molecular weight excluding hydrogens is 973 g/mol. The number of carbonyl (C=O) groups is 2. The van der Waals surface area contributed by atoms with Gasteiger partial charge in [-0.15, -0.1) is 0 Å². The monoisotopic (exact) mass is 1070 g/mol. The average molecular weight is 1070 g/mol. The van der Waals surface area contributed by atoms with Gasteiger partial charge in [0.15, 0.2) is 24.2 Å². The SMILES string of the molecule is CC[C@@H]1[C@@H](C)O[C@@](OC)([C@@H](C)[C@H](O)[C@H](C)[C@H]2OC(=O)/C=C/C=C/[C@H](C)[C@@H]([C@@H](C)[C@@H](O)[C@H](C)[C@@]3(OC)C[C@@H](O[C@H]4C[C@H](O)[C@H](O)[C@H](C)O4)[C@H](CC)[C@@H](C)O3)OC(=O)/C(C)=C/C=C/[C@@H]2C)C[C@H]1O[C@H]1C[C@H](O)[C@H](O)[C@H](C)O1. The molecule has 18 nitrogen and oxygen atoms in total. The first-order chi connectivity index (χ1) is 35.3.